The molecule has 1 aromatic carbocycles. The first-order valence-electron chi connectivity index (χ1n) is 4.05. The second-order valence-corrected chi connectivity index (χ2v) is 2.98. The molecule has 5 heteroatoms. The van der Waals surface area contributed by atoms with Crippen LogP contribution in [0.1, 0.15) is 0 Å². The Balaban J connectivity index is 2.84. The predicted molar refractivity (Wildman–Crippen MR) is 50.1 cm³/mol. The lowest BCUT2D eigenvalue weighted by Crippen LogP contribution is -2.24. The lowest BCUT2D eigenvalue weighted by atomic mass is 10.2. The third-order valence-electron chi connectivity index (χ3n) is 1.79. The average molecular weight is 204 g/mol. The summed E-state index contributed by atoms with van der Waals surface area (Å²) in [4.78, 5) is 1.15. The first-order chi connectivity index (χ1) is 6.50. The van der Waals surface area contributed by atoms with E-state index in [9.17, 15) is 13.2 Å². The van der Waals surface area contributed by atoms with Gasteiger partial charge in [0.1, 0.15) is 5.82 Å². The van der Waals surface area contributed by atoms with Gasteiger partial charge in [-0.05, 0) is 18.2 Å². The Morgan fingerprint density at radius 1 is 1.43 bits per heavy atom. The molecule has 14 heavy (non-hydrogen) atoms. The number of anilines is 2. The lowest BCUT2D eigenvalue weighted by Gasteiger charge is -2.19. The zero-order valence-corrected chi connectivity index (χ0v) is 7.67. The fourth-order valence-electron chi connectivity index (χ4n) is 1.14. The molecule has 0 heterocycles. The van der Waals surface area contributed by atoms with E-state index in [1.54, 1.807) is 0 Å². The molecule has 0 bridgehead atoms. The highest BCUT2D eigenvalue weighted by molar-refractivity contribution is 5.54. The maximum Gasteiger partial charge on any atom is 0.255 e. The molecular weight excluding hydrogens is 193 g/mol. The van der Waals surface area contributed by atoms with Gasteiger partial charge in [0.25, 0.3) is 6.43 Å². The van der Waals surface area contributed by atoms with Crippen molar-refractivity contribution in [2.24, 2.45) is 0 Å². The maximum absolute atomic E-state index is 13.2. The molecule has 0 saturated heterocycles. The third-order valence-corrected chi connectivity index (χ3v) is 1.79. The number of benzene rings is 1. The Morgan fingerprint density at radius 3 is 2.57 bits per heavy atom. The minimum absolute atomic E-state index is 0.125. The predicted octanol–water partition coefficient (Wildman–Crippen LogP) is 2.11. The average Bonchev–Trinajstić information content (AvgIpc) is 2.01. The normalized spacial score (nSPS) is 10.6. The number of nitrogen functional groups attached to an aromatic ring is 1. The number of alkyl halides is 2. The molecule has 0 aliphatic carbocycles. The van der Waals surface area contributed by atoms with Crippen molar-refractivity contribution in [2.45, 2.75) is 6.43 Å². The molecule has 1 aromatic rings. The van der Waals surface area contributed by atoms with E-state index in [-0.39, 0.29) is 11.4 Å². The van der Waals surface area contributed by atoms with E-state index >= 15 is 0 Å². The van der Waals surface area contributed by atoms with Crippen LogP contribution in [0.3, 0.4) is 0 Å². The Bertz CT molecular complexity index is 315. The molecule has 0 spiro atoms. The number of nitrogens with two attached hydrogens (primary N) is 1. The fourth-order valence-corrected chi connectivity index (χ4v) is 1.14. The quantitative estimate of drug-likeness (QED) is 0.764. The summed E-state index contributed by atoms with van der Waals surface area (Å²) in [5, 5.41) is 0. The molecule has 0 saturated carbocycles. The van der Waals surface area contributed by atoms with Crippen LogP contribution >= 0.6 is 0 Å². The van der Waals surface area contributed by atoms with E-state index in [4.69, 9.17) is 5.73 Å². The van der Waals surface area contributed by atoms with Gasteiger partial charge in [0.2, 0.25) is 0 Å². The van der Waals surface area contributed by atoms with Gasteiger partial charge in [0, 0.05) is 12.7 Å². The molecule has 0 aliphatic heterocycles. The van der Waals surface area contributed by atoms with E-state index in [0.29, 0.717) is 0 Å². The van der Waals surface area contributed by atoms with Gasteiger partial charge in [-0.1, -0.05) is 0 Å². The van der Waals surface area contributed by atoms with Gasteiger partial charge in [-0.2, -0.15) is 0 Å². The van der Waals surface area contributed by atoms with Crippen LogP contribution in [0.25, 0.3) is 0 Å². The molecule has 78 valence electrons. The van der Waals surface area contributed by atoms with Gasteiger partial charge in [0.05, 0.1) is 12.2 Å². The second kappa shape index (κ2) is 4.21. The van der Waals surface area contributed by atoms with Crippen molar-refractivity contribution in [1.29, 1.82) is 0 Å². The third kappa shape index (κ3) is 2.55. The van der Waals surface area contributed by atoms with Gasteiger partial charge < -0.3 is 10.6 Å². The summed E-state index contributed by atoms with van der Waals surface area (Å²) >= 11 is 0. The second-order valence-electron chi connectivity index (χ2n) is 2.98. The van der Waals surface area contributed by atoms with Crippen molar-refractivity contribution < 1.29 is 13.2 Å². The molecule has 1 rings (SSSR count). The number of hydrogen-bond acceptors (Lipinski definition) is 2. The standard InChI is InChI=1S/C9H11F3N2/c1-14(5-9(11)12)8-3-2-6(13)4-7(8)10/h2-4,9H,5,13H2,1H3. The van der Waals surface area contributed by atoms with Crippen molar-refractivity contribution in [3.8, 4) is 0 Å². The van der Waals surface area contributed by atoms with E-state index in [1.807, 2.05) is 0 Å². The van der Waals surface area contributed by atoms with Crippen molar-refractivity contribution in [3.05, 3.63) is 24.0 Å². The molecule has 0 aromatic heterocycles. The number of nitrogens with zero attached hydrogens (tertiary/aromatic N) is 1. The Kier molecular flexibility index (Phi) is 3.22. The molecule has 0 radical (unpaired) electrons. The van der Waals surface area contributed by atoms with Gasteiger partial charge in [-0.15, -0.1) is 0 Å². The van der Waals surface area contributed by atoms with Crippen LogP contribution in [-0.2, 0) is 0 Å². The molecule has 0 amide bonds. The van der Waals surface area contributed by atoms with Gasteiger partial charge in [-0.3, -0.25) is 0 Å². The van der Waals surface area contributed by atoms with Crippen molar-refractivity contribution in [2.75, 3.05) is 24.2 Å². The fraction of sp³-hybridized carbons (Fsp3) is 0.333. The Labute approximate surface area is 80.1 Å². The minimum Gasteiger partial charge on any atom is -0.399 e. The summed E-state index contributed by atoms with van der Waals surface area (Å²) in [6.07, 6.45) is -2.49. The molecular formula is C9H11F3N2. The van der Waals surface area contributed by atoms with Crippen LogP contribution in [0.5, 0.6) is 0 Å². The number of hydrogen-bond donors (Lipinski definition) is 1. The summed E-state index contributed by atoms with van der Waals surface area (Å²) in [7, 11) is 1.40. The van der Waals surface area contributed by atoms with Gasteiger partial charge in [0.15, 0.2) is 0 Å². The van der Waals surface area contributed by atoms with Crippen LogP contribution < -0.4 is 10.6 Å². The van der Waals surface area contributed by atoms with Crippen LogP contribution in [0.2, 0.25) is 0 Å². The van der Waals surface area contributed by atoms with Crippen molar-refractivity contribution in [3.63, 3.8) is 0 Å². The SMILES string of the molecule is CN(CC(F)F)c1ccc(N)cc1F. The monoisotopic (exact) mass is 204 g/mol. The Morgan fingerprint density at radius 2 is 2.07 bits per heavy atom. The zero-order chi connectivity index (χ0) is 10.7. The summed E-state index contributed by atoms with van der Waals surface area (Å²) in [5.41, 5.74) is 5.72. The summed E-state index contributed by atoms with van der Waals surface area (Å²) in [6.45, 7) is -0.499. The zero-order valence-electron chi connectivity index (χ0n) is 7.67. The number of rotatable bonds is 3. The largest absolute Gasteiger partial charge is 0.399 e. The summed E-state index contributed by atoms with van der Waals surface area (Å²) in [6, 6.07) is 3.96. The molecule has 0 atom stereocenters. The smallest absolute Gasteiger partial charge is 0.255 e. The van der Waals surface area contributed by atoms with Crippen molar-refractivity contribution >= 4 is 11.4 Å². The minimum atomic E-state index is -2.49. The molecule has 0 fully saturated rings. The number of halogens is 3. The van der Waals surface area contributed by atoms with E-state index in [2.05, 4.69) is 0 Å². The van der Waals surface area contributed by atoms with E-state index < -0.39 is 18.8 Å². The van der Waals surface area contributed by atoms with Crippen LogP contribution in [-0.4, -0.2) is 20.0 Å². The highest BCUT2D eigenvalue weighted by atomic mass is 19.3. The van der Waals surface area contributed by atoms with Gasteiger partial charge in [-0.25, -0.2) is 13.2 Å². The molecule has 0 unspecified atom stereocenters. The van der Waals surface area contributed by atoms with Crippen LogP contribution in [0, 0.1) is 5.82 Å². The van der Waals surface area contributed by atoms with Crippen LogP contribution in [0.4, 0.5) is 24.5 Å². The summed E-state index contributed by atoms with van der Waals surface area (Å²) in [5.74, 6) is -0.590. The van der Waals surface area contributed by atoms with Crippen LogP contribution in [0.15, 0.2) is 18.2 Å². The first-order valence-corrected chi connectivity index (χ1v) is 4.05. The molecule has 2 N–H and O–H groups in total. The van der Waals surface area contributed by atoms with Gasteiger partial charge >= 0.3 is 0 Å². The highest BCUT2D eigenvalue weighted by Gasteiger charge is 2.12. The topological polar surface area (TPSA) is 29.3 Å². The highest BCUT2D eigenvalue weighted by Crippen LogP contribution is 2.20. The lowest BCUT2D eigenvalue weighted by molar-refractivity contribution is 0.156. The molecule has 2 nitrogen and oxygen atoms in total. The van der Waals surface area contributed by atoms with E-state index in [0.717, 1.165) is 11.0 Å². The Hall–Kier alpha value is -1.39. The maximum atomic E-state index is 13.2. The first kappa shape index (κ1) is 10.7. The van der Waals surface area contributed by atoms with Crippen molar-refractivity contribution in [1.82, 2.24) is 0 Å². The molecule has 0 aliphatic rings. The van der Waals surface area contributed by atoms with E-state index in [1.165, 1.54) is 19.2 Å². The summed E-state index contributed by atoms with van der Waals surface area (Å²) < 4.78 is 37.2.